The molecule has 0 saturated carbocycles. The number of fused-ring (bicyclic) bond motifs is 1. The van der Waals surface area contributed by atoms with E-state index in [9.17, 15) is 27.2 Å². The summed E-state index contributed by atoms with van der Waals surface area (Å²) in [6.45, 7) is 0.493. The van der Waals surface area contributed by atoms with Crippen molar-refractivity contribution in [2.24, 2.45) is 4.99 Å². The van der Waals surface area contributed by atoms with Gasteiger partial charge in [0.25, 0.3) is 0 Å². The fourth-order valence-electron chi connectivity index (χ4n) is 4.36. The second-order valence-corrected chi connectivity index (χ2v) is 9.90. The first-order valence-corrected chi connectivity index (χ1v) is 13.3. The molecule has 1 aromatic heterocycles. The molecule has 0 spiro atoms. The van der Waals surface area contributed by atoms with Gasteiger partial charge in [0, 0.05) is 12.0 Å². The van der Waals surface area contributed by atoms with Crippen molar-refractivity contribution < 1.29 is 36.6 Å². The van der Waals surface area contributed by atoms with Gasteiger partial charge in [-0.05, 0) is 54.1 Å². The lowest BCUT2D eigenvalue weighted by atomic mass is 10.1. The minimum atomic E-state index is -4.81. The number of carbonyl (C=O) groups excluding carboxylic acids is 2. The summed E-state index contributed by atoms with van der Waals surface area (Å²) in [6.07, 6.45) is -2.78. The number of rotatable bonds is 5. The fraction of sp³-hybridized carbons (Fsp3) is 0.148. The van der Waals surface area contributed by atoms with E-state index in [-0.39, 0.29) is 39.7 Å². The van der Waals surface area contributed by atoms with E-state index in [1.165, 1.54) is 40.2 Å². The van der Waals surface area contributed by atoms with Crippen LogP contribution in [-0.2, 0) is 11.2 Å². The number of thioether (sulfide) groups is 1. The molecule has 3 heterocycles. The number of urea groups is 1. The van der Waals surface area contributed by atoms with Crippen LogP contribution in [0.1, 0.15) is 5.56 Å². The van der Waals surface area contributed by atoms with Crippen molar-refractivity contribution in [3.05, 3.63) is 78.4 Å². The summed E-state index contributed by atoms with van der Waals surface area (Å²) in [5, 5.41) is 6.77. The van der Waals surface area contributed by atoms with Gasteiger partial charge in [-0.15, -0.1) is 18.3 Å². The van der Waals surface area contributed by atoms with Gasteiger partial charge in [-0.2, -0.15) is 4.99 Å². The Bertz CT molecular complexity index is 1720. The SMILES string of the molecule is O=C(N=C1SCC(=O)N1c1cccc2c1OCC2)Nc1ccc(-c2ncn(-c3ccc(OC(F)(F)F)cc3)n2)cc1F. The standard InChI is InChI=1S/C27H18F4N6O4S/c28-19-12-16(24-32-14-36(35-24)17-5-7-18(8-6-17)41-27(29,30)31)4-9-20(19)33-25(39)34-26-37(22(38)13-42-26)21-3-1-2-15-10-11-40-23(15)21/h1-9,12,14H,10-11,13H2,(H,33,39). The predicted molar refractivity (Wildman–Crippen MR) is 145 cm³/mol. The first-order valence-electron chi connectivity index (χ1n) is 12.3. The Morgan fingerprint density at radius 3 is 2.69 bits per heavy atom. The zero-order valence-electron chi connectivity index (χ0n) is 21.3. The molecule has 0 unspecified atom stereocenters. The molecule has 15 heteroatoms. The van der Waals surface area contributed by atoms with E-state index < -0.39 is 18.2 Å². The van der Waals surface area contributed by atoms with Crippen molar-refractivity contribution in [2.45, 2.75) is 12.8 Å². The van der Waals surface area contributed by atoms with Gasteiger partial charge in [0.2, 0.25) is 5.91 Å². The van der Waals surface area contributed by atoms with Gasteiger partial charge < -0.3 is 14.8 Å². The number of hydrogen-bond donors (Lipinski definition) is 1. The average molecular weight is 599 g/mol. The number of amides is 3. The van der Waals surface area contributed by atoms with E-state index in [2.05, 4.69) is 25.1 Å². The Kier molecular flexibility index (Phi) is 7.02. The summed E-state index contributed by atoms with van der Waals surface area (Å²) >= 11 is 1.09. The highest BCUT2D eigenvalue weighted by Crippen LogP contribution is 2.39. The largest absolute Gasteiger partial charge is 0.573 e. The van der Waals surface area contributed by atoms with Crippen molar-refractivity contribution in [2.75, 3.05) is 22.6 Å². The number of nitrogens with zero attached hydrogens (tertiary/aromatic N) is 5. The molecule has 214 valence electrons. The van der Waals surface area contributed by atoms with Crippen molar-refractivity contribution in [1.29, 1.82) is 0 Å². The number of carbonyl (C=O) groups is 2. The van der Waals surface area contributed by atoms with Crippen LogP contribution < -0.4 is 19.7 Å². The van der Waals surface area contributed by atoms with Crippen molar-refractivity contribution in [1.82, 2.24) is 14.8 Å². The summed E-state index contributed by atoms with van der Waals surface area (Å²) < 4.78 is 62.9. The second-order valence-electron chi connectivity index (χ2n) is 8.96. The van der Waals surface area contributed by atoms with Gasteiger partial charge in [-0.25, -0.2) is 18.9 Å². The van der Waals surface area contributed by atoms with Crippen LogP contribution in [0.2, 0.25) is 0 Å². The first-order chi connectivity index (χ1) is 20.1. The number of aromatic nitrogens is 3. The molecule has 42 heavy (non-hydrogen) atoms. The van der Waals surface area contributed by atoms with Crippen LogP contribution in [0.3, 0.4) is 0 Å². The van der Waals surface area contributed by atoms with Crippen LogP contribution in [0.5, 0.6) is 11.5 Å². The fourth-order valence-corrected chi connectivity index (χ4v) is 5.22. The Labute approximate surface area is 239 Å². The van der Waals surface area contributed by atoms with Crippen LogP contribution in [0, 0.1) is 5.82 Å². The van der Waals surface area contributed by atoms with Gasteiger partial charge in [0.05, 0.1) is 29.4 Å². The number of para-hydroxylation sites is 1. The molecule has 0 aliphatic carbocycles. The molecule has 6 rings (SSSR count). The zero-order chi connectivity index (χ0) is 29.4. The summed E-state index contributed by atoms with van der Waals surface area (Å²) in [6, 6.07) is 13.4. The Morgan fingerprint density at radius 1 is 1.12 bits per heavy atom. The van der Waals surface area contributed by atoms with E-state index in [4.69, 9.17) is 4.74 Å². The van der Waals surface area contributed by atoms with Crippen LogP contribution in [0.15, 0.2) is 72.0 Å². The third kappa shape index (κ3) is 5.63. The van der Waals surface area contributed by atoms with Crippen LogP contribution in [-0.4, -0.2) is 50.6 Å². The lowest BCUT2D eigenvalue weighted by molar-refractivity contribution is -0.274. The van der Waals surface area contributed by atoms with Crippen molar-refractivity contribution >= 4 is 40.2 Å². The normalized spacial score (nSPS) is 15.6. The van der Waals surface area contributed by atoms with E-state index in [1.807, 2.05) is 6.07 Å². The summed E-state index contributed by atoms with van der Waals surface area (Å²) in [4.78, 5) is 34.8. The Hall–Kier alpha value is -4.92. The molecule has 0 radical (unpaired) electrons. The Balaban J connectivity index is 1.16. The molecular formula is C27H18F4N6O4S. The average Bonchev–Trinajstić information content (AvgIpc) is 3.70. The van der Waals surface area contributed by atoms with Gasteiger partial charge in [-0.1, -0.05) is 23.9 Å². The summed E-state index contributed by atoms with van der Waals surface area (Å²) in [5.41, 5.74) is 1.98. The molecule has 1 fully saturated rings. The number of aliphatic imine (C=N–C) groups is 1. The third-order valence-corrected chi connectivity index (χ3v) is 7.12. The topological polar surface area (TPSA) is 111 Å². The maximum Gasteiger partial charge on any atom is 0.573 e. The summed E-state index contributed by atoms with van der Waals surface area (Å²) in [7, 11) is 0. The van der Waals surface area contributed by atoms with Crippen LogP contribution >= 0.6 is 11.8 Å². The number of nitrogens with one attached hydrogen (secondary N) is 1. The number of anilines is 2. The number of ether oxygens (including phenoxy) is 2. The lowest BCUT2D eigenvalue weighted by Crippen LogP contribution is -2.30. The van der Waals surface area contributed by atoms with Gasteiger partial charge in [0.15, 0.2) is 11.0 Å². The number of halogens is 4. The molecule has 10 nitrogen and oxygen atoms in total. The molecule has 2 aliphatic rings. The monoisotopic (exact) mass is 598 g/mol. The quantitative estimate of drug-likeness (QED) is 0.299. The van der Waals surface area contributed by atoms with Gasteiger partial charge in [0.1, 0.15) is 23.6 Å². The highest BCUT2D eigenvalue weighted by molar-refractivity contribution is 8.15. The number of benzene rings is 3. The molecule has 1 N–H and O–H groups in total. The van der Waals surface area contributed by atoms with Gasteiger partial charge in [-0.3, -0.25) is 9.69 Å². The summed E-state index contributed by atoms with van der Waals surface area (Å²) in [5.74, 6) is -0.636. The minimum Gasteiger partial charge on any atom is -0.491 e. The molecule has 1 saturated heterocycles. The molecular weight excluding hydrogens is 580 g/mol. The number of hydrogen-bond acceptors (Lipinski definition) is 7. The molecule has 0 atom stereocenters. The maximum atomic E-state index is 15.0. The highest BCUT2D eigenvalue weighted by atomic mass is 32.2. The van der Waals surface area contributed by atoms with E-state index >= 15 is 0 Å². The molecule has 3 amide bonds. The van der Waals surface area contributed by atoms with E-state index in [0.717, 1.165) is 35.5 Å². The molecule has 4 aromatic rings. The van der Waals surface area contributed by atoms with Crippen LogP contribution in [0.25, 0.3) is 17.1 Å². The Morgan fingerprint density at radius 2 is 1.93 bits per heavy atom. The second kappa shape index (κ2) is 10.8. The van der Waals surface area contributed by atoms with Gasteiger partial charge >= 0.3 is 12.4 Å². The highest BCUT2D eigenvalue weighted by Gasteiger charge is 2.34. The number of amidine groups is 1. The molecule has 0 bridgehead atoms. The third-order valence-electron chi connectivity index (χ3n) is 6.19. The predicted octanol–water partition coefficient (Wildman–Crippen LogP) is 5.57. The van der Waals surface area contributed by atoms with E-state index in [1.54, 1.807) is 12.1 Å². The smallest absolute Gasteiger partial charge is 0.491 e. The lowest BCUT2D eigenvalue weighted by Gasteiger charge is -2.18. The van der Waals surface area contributed by atoms with Crippen molar-refractivity contribution in [3.63, 3.8) is 0 Å². The zero-order valence-corrected chi connectivity index (χ0v) is 22.1. The van der Waals surface area contributed by atoms with E-state index in [0.29, 0.717) is 30.2 Å². The maximum absolute atomic E-state index is 15.0. The van der Waals surface area contributed by atoms with Crippen LogP contribution in [0.4, 0.5) is 33.7 Å². The number of alkyl halides is 3. The molecule has 2 aliphatic heterocycles. The molecule has 3 aromatic carbocycles. The minimum absolute atomic E-state index is 0.0873. The first kappa shape index (κ1) is 27.3. The van der Waals surface area contributed by atoms with Crippen molar-refractivity contribution in [3.8, 4) is 28.6 Å².